The van der Waals surface area contributed by atoms with Crippen LogP contribution in [0.2, 0.25) is 0 Å². The van der Waals surface area contributed by atoms with Gasteiger partial charge in [-0.25, -0.2) is 14.6 Å². The minimum absolute atomic E-state index is 0.0757. The van der Waals surface area contributed by atoms with Crippen molar-refractivity contribution in [3.8, 4) is 17.1 Å². The Kier molecular flexibility index (Phi) is 7.65. The van der Waals surface area contributed by atoms with E-state index in [1.807, 2.05) is 6.07 Å². The highest BCUT2D eigenvalue weighted by Gasteiger charge is 2.45. The minimum atomic E-state index is -1.88. The zero-order valence-electron chi connectivity index (χ0n) is 23.9. The first kappa shape index (κ1) is 28.8. The summed E-state index contributed by atoms with van der Waals surface area (Å²) in [6.07, 6.45) is 2.87. The maximum Gasteiger partial charge on any atom is 0.415 e. The molecule has 226 valence electrons. The molecule has 1 saturated heterocycles. The summed E-state index contributed by atoms with van der Waals surface area (Å²) in [5, 5.41) is 24.0. The van der Waals surface area contributed by atoms with Gasteiger partial charge in [-0.05, 0) is 69.0 Å². The van der Waals surface area contributed by atoms with Gasteiger partial charge in [-0.1, -0.05) is 6.92 Å². The van der Waals surface area contributed by atoms with Crippen molar-refractivity contribution in [2.45, 2.75) is 70.2 Å². The van der Waals surface area contributed by atoms with Crippen LogP contribution in [-0.4, -0.2) is 68.4 Å². The highest BCUT2D eigenvalue weighted by molar-refractivity contribution is 5.87. The number of carboxylic acid groups (broad SMARTS) is 1. The Labute approximate surface area is 247 Å². The lowest BCUT2D eigenvalue weighted by molar-refractivity contribution is -0.172. The van der Waals surface area contributed by atoms with Crippen LogP contribution in [0, 0.1) is 0 Å². The number of carbonyl (C=O) groups is 3. The van der Waals surface area contributed by atoms with Crippen molar-refractivity contribution in [2.75, 3.05) is 19.6 Å². The van der Waals surface area contributed by atoms with Gasteiger partial charge in [-0.2, -0.15) is 0 Å². The van der Waals surface area contributed by atoms with Crippen molar-refractivity contribution >= 4 is 28.9 Å². The first-order chi connectivity index (χ1) is 20.7. The molecule has 0 unspecified atom stereocenters. The number of likely N-dealkylation sites (tertiary alicyclic amines) is 1. The van der Waals surface area contributed by atoms with Crippen LogP contribution in [-0.2, 0) is 33.1 Å². The number of carbonyl (C=O) groups excluding carboxylic acids is 2. The van der Waals surface area contributed by atoms with Crippen LogP contribution < -0.4 is 15.6 Å². The second-order valence-corrected chi connectivity index (χ2v) is 11.4. The van der Waals surface area contributed by atoms with E-state index in [0.29, 0.717) is 42.2 Å². The molecule has 3 aliphatic rings. The summed E-state index contributed by atoms with van der Waals surface area (Å²) in [7, 11) is 0. The number of rotatable bonds is 8. The topological polar surface area (TPSA) is 160 Å². The largest absolute Gasteiger partial charge is 0.481 e. The van der Waals surface area contributed by atoms with Gasteiger partial charge in [-0.15, -0.1) is 0 Å². The van der Waals surface area contributed by atoms with Gasteiger partial charge < -0.3 is 34.5 Å². The van der Waals surface area contributed by atoms with E-state index in [0.717, 1.165) is 36.8 Å². The summed E-state index contributed by atoms with van der Waals surface area (Å²) in [5.74, 6) is -1.14. The SMILES string of the molecule is CC[C@@]1(O)C(=O)OCc2c1cc1n(c2=O)Cc2cc3cc(OC(=O)N4CCC(NCCCCC(=O)O)CC4)ccc3nc2-1. The molecule has 2 aromatic heterocycles. The van der Waals surface area contributed by atoms with Crippen molar-refractivity contribution in [1.29, 1.82) is 0 Å². The predicted molar refractivity (Wildman–Crippen MR) is 155 cm³/mol. The molecule has 12 nitrogen and oxygen atoms in total. The van der Waals surface area contributed by atoms with Gasteiger partial charge in [0.15, 0.2) is 5.60 Å². The number of unbranched alkanes of at least 4 members (excludes halogenated alkanes) is 1. The fourth-order valence-corrected chi connectivity index (χ4v) is 6.17. The molecular weight excluding hydrogens is 556 g/mol. The molecule has 1 aromatic carbocycles. The van der Waals surface area contributed by atoms with Crippen LogP contribution in [0.1, 0.15) is 62.1 Å². The number of carboxylic acids is 1. The fourth-order valence-electron chi connectivity index (χ4n) is 6.17. The smallest absolute Gasteiger partial charge is 0.415 e. The van der Waals surface area contributed by atoms with Crippen molar-refractivity contribution in [3.63, 3.8) is 0 Å². The normalized spacial score (nSPS) is 19.5. The molecular formula is C31H34N4O8. The summed E-state index contributed by atoms with van der Waals surface area (Å²) in [6, 6.07) is 9.09. The summed E-state index contributed by atoms with van der Waals surface area (Å²) in [4.78, 5) is 55.8. The highest BCUT2D eigenvalue weighted by Crippen LogP contribution is 2.39. The minimum Gasteiger partial charge on any atom is -0.481 e. The molecule has 1 fully saturated rings. The Bertz CT molecular complexity index is 1680. The third kappa shape index (κ3) is 5.36. The van der Waals surface area contributed by atoms with Crippen molar-refractivity contribution in [2.24, 2.45) is 0 Å². The molecule has 5 heterocycles. The lowest BCUT2D eigenvalue weighted by Gasteiger charge is -2.31. The van der Waals surface area contributed by atoms with E-state index in [9.17, 15) is 24.3 Å². The van der Waals surface area contributed by atoms with Gasteiger partial charge in [-0.3, -0.25) is 9.59 Å². The Balaban J connectivity index is 1.14. The summed E-state index contributed by atoms with van der Waals surface area (Å²) < 4.78 is 12.4. The molecule has 1 amide bonds. The molecule has 0 spiro atoms. The monoisotopic (exact) mass is 590 g/mol. The van der Waals surface area contributed by atoms with Gasteiger partial charge in [0, 0.05) is 42.1 Å². The molecule has 12 heteroatoms. The number of hydrogen-bond donors (Lipinski definition) is 3. The van der Waals surface area contributed by atoms with E-state index in [-0.39, 0.29) is 48.7 Å². The number of piperidine rings is 1. The molecule has 1 atom stereocenters. The van der Waals surface area contributed by atoms with E-state index < -0.39 is 23.6 Å². The molecule has 3 aliphatic heterocycles. The van der Waals surface area contributed by atoms with E-state index in [2.05, 4.69) is 5.32 Å². The Morgan fingerprint density at radius 2 is 1.95 bits per heavy atom. The second kappa shape index (κ2) is 11.4. The lowest BCUT2D eigenvalue weighted by atomic mass is 9.86. The number of benzene rings is 1. The van der Waals surface area contributed by atoms with Gasteiger partial charge >= 0.3 is 18.0 Å². The van der Waals surface area contributed by atoms with Crippen molar-refractivity contribution < 1.29 is 34.1 Å². The fraction of sp³-hybridized carbons (Fsp3) is 0.452. The third-order valence-corrected chi connectivity index (χ3v) is 8.69. The zero-order valence-corrected chi connectivity index (χ0v) is 23.9. The summed E-state index contributed by atoms with van der Waals surface area (Å²) in [6.45, 7) is 3.65. The maximum absolute atomic E-state index is 13.4. The Morgan fingerprint density at radius 1 is 1.16 bits per heavy atom. The number of nitrogens with one attached hydrogen (secondary N) is 1. The second-order valence-electron chi connectivity index (χ2n) is 11.4. The molecule has 0 aliphatic carbocycles. The Morgan fingerprint density at radius 3 is 2.70 bits per heavy atom. The number of aromatic nitrogens is 2. The summed E-state index contributed by atoms with van der Waals surface area (Å²) >= 11 is 0. The number of pyridine rings is 2. The first-order valence-electron chi connectivity index (χ1n) is 14.7. The number of cyclic esters (lactones) is 1. The van der Waals surface area contributed by atoms with Gasteiger partial charge in [0.05, 0.1) is 29.0 Å². The van der Waals surface area contributed by atoms with Crippen molar-refractivity contribution in [1.82, 2.24) is 19.8 Å². The van der Waals surface area contributed by atoms with Crippen LogP contribution in [0.25, 0.3) is 22.3 Å². The average molecular weight is 591 g/mol. The van der Waals surface area contributed by atoms with E-state index in [1.54, 1.807) is 40.7 Å². The number of hydrogen-bond acceptors (Lipinski definition) is 9. The van der Waals surface area contributed by atoms with Gasteiger partial charge in [0.25, 0.3) is 5.56 Å². The standard InChI is InChI=1S/C31H34N4O8/c1-2-31(41)23-15-25-27-19(16-35(25)28(38)22(23)17-42-29(31)39)13-18-14-21(6-7-24(18)33-27)43-30(40)34-11-8-20(9-12-34)32-10-4-3-5-26(36)37/h6-7,13-15,20,32,41H,2-5,8-12,16-17H2,1H3,(H,36,37)/t31-/m0/s1. The number of amides is 1. The quantitative estimate of drug-likeness (QED) is 0.206. The van der Waals surface area contributed by atoms with Crippen LogP contribution in [0.3, 0.4) is 0 Å². The van der Waals surface area contributed by atoms with E-state index in [4.69, 9.17) is 19.6 Å². The molecule has 3 N–H and O–H groups in total. The van der Waals surface area contributed by atoms with Crippen molar-refractivity contribution in [3.05, 3.63) is 57.4 Å². The number of aliphatic hydroxyl groups is 1. The molecule has 0 radical (unpaired) electrons. The van der Waals surface area contributed by atoms with E-state index in [1.165, 1.54) is 0 Å². The molecule has 43 heavy (non-hydrogen) atoms. The average Bonchev–Trinajstić information content (AvgIpc) is 3.35. The zero-order chi connectivity index (χ0) is 30.3. The van der Waals surface area contributed by atoms with Crippen LogP contribution >= 0.6 is 0 Å². The number of fused-ring (bicyclic) bond motifs is 5. The predicted octanol–water partition coefficient (Wildman–Crippen LogP) is 2.89. The number of nitrogens with zero attached hydrogens (tertiary/aromatic N) is 3. The van der Waals surface area contributed by atoms with E-state index >= 15 is 0 Å². The van der Waals surface area contributed by atoms with Gasteiger partial charge in [0.1, 0.15) is 12.4 Å². The summed E-state index contributed by atoms with van der Waals surface area (Å²) in [5.41, 5.74) is 0.947. The van der Waals surface area contributed by atoms with Crippen LogP contribution in [0.4, 0.5) is 4.79 Å². The lowest BCUT2D eigenvalue weighted by Crippen LogP contribution is -2.46. The number of aliphatic carboxylic acids is 1. The van der Waals surface area contributed by atoms with Crippen LogP contribution in [0.15, 0.2) is 35.1 Å². The highest BCUT2D eigenvalue weighted by atomic mass is 16.6. The number of esters is 1. The molecule has 6 rings (SSSR count). The van der Waals surface area contributed by atoms with Crippen LogP contribution in [0.5, 0.6) is 5.75 Å². The molecule has 0 bridgehead atoms. The molecule has 3 aromatic rings. The van der Waals surface area contributed by atoms with Gasteiger partial charge in [0.2, 0.25) is 0 Å². The first-order valence-corrected chi connectivity index (χ1v) is 14.7. The number of ether oxygens (including phenoxy) is 2. The molecule has 0 saturated carbocycles. The maximum atomic E-state index is 13.4. The Hall–Kier alpha value is -4.29. The third-order valence-electron chi connectivity index (χ3n) is 8.69.